The average Bonchev–Trinajstić information content (AvgIpc) is 3.30. The number of halogens is 6. The highest BCUT2D eigenvalue weighted by molar-refractivity contribution is 7.30. The molecule has 0 fully saturated rings. The summed E-state index contributed by atoms with van der Waals surface area (Å²) in [6.07, 6.45) is -10.2. The summed E-state index contributed by atoms with van der Waals surface area (Å²) in [5, 5.41) is 0. The Hall–Kier alpha value is -5.32. The molecule has 0 radical (unpaired) electrons. The summed E-state index contributed by atoms with van der Waals surface area (Å²) in [7, 11) is -3.60. The van der Waals surface area contributed by atoms with E-state index >= 15 is 0 Å². The van der Waals surface area contributed by atoms with Gasteiger partial charge in [0.2, 0.25) is 0 Å². The van der Waals surface area contributed by atoms with Gasteiger partial charge in [-0.25, -0.2) is 0 Å². The first-order valence-corrected chi connectivity index (χ1v) is 21.0. The van der Waals surface area contributed by atoms with Crippen molar-refractivity contribution in [2.45, 2.75) is 23.2 Å². The van der Waals surface area contributed by atoms with Crippen LogP contribution in [0.5, 0.6) is 5.75 Å². The lowest BCUT2D eigenvalue weighted by molar-refractivity contribution is -0.143. The van der Waals surface area contributed by atoms with Gasteiger partial charge in [0.15, 0.2) is 0 Å². The molecule has 2 atom stereocenters. The number of rotatable bonds is 18. The van der Waals surface area contributed by atoms with Crippen LogP contribution < -0.4 is 4.65 Å². The summed E-state index contributed by atoms with van der Waals surface area (Å²) in [4.78, 5) is 0. The summed E-state index contributed by atoms with van der Waals surface area (Å²) in [6, 6.07) is 59.1. The van der Waals surface area contributed by atoms with Gasteiger partial charge in [0.1, 0.15) is 23.8 Å². The van der Waals surface area contributed by atoms with Crippen LogP contribution >= 0.6 is 18.1 Å². The third kappa shape index (κ3) is 10.5. The summed E-state index contributed by atoms with van der Waals surface area (Å²) < 4.78 is 113. The Morgan fingerprint density at radius 3 is 0.855 bits per heavy atom. The van der Waals surface area contributed by atoms with E-state index in [2.05, 4.69) is 0 Å². The van der Waals surface area contributed by atoms with Crippen LogP contribution in [-0.2, 0) is 41.1 Å². The van der Waals surface area contributed by atoms with E-state index in [1.807, 2.05) is 182 Å². The van der Waals surface area contributed by atoms with Crippen LogP contribution in [0, 0.1) is 0 Å². The van der Waals surface area contributed by atoms with Gasteiger partial charge >= 0.3 is 19.7 Å². The molecule has 0 aromatic heterocycles. The van der Waals surface area contributed by atoms with Crippen molar-refractivity contribution >= 4 is 25.4 Å². The van der Waals surface area contributed by atoms with Crippen LogP contribution in [0.2, 0.25) is 0 Å². The number of benzene rings is 7. The smallest absolute Gasteiger partial charge is 0.511 e. The number of hydrogen-bond donors (Lipinski definition) is 0. The van der Waals surface area contributed by atoms with Gasteiger partial charge in [0.05, 0.1) is 35.2 Å². The normalized spacial score (nSPS) is 12.6. The van der Waals surface area contributed by atoms with Crippen molar-refractivity contribution in [1.29, 1.82) is 0 Å². The molecule has 7 aromatic rings. The minimum atomic E-state index is -5.11. The Bertz CT molecular complexity index is 2080. The first-order chi connectivity index (χ1) is 30.0. The van der Waals surface area contributed by atoms with Crippen molar-refractivity contribution in [3.05, 3.63) is 245 Å². The molecule has 2 unspecified atom stereocenters. The highest BCUT2D eigenvalue weighted by atomic mass is 31.1. The summed E-state index contributed by atoms with van der Waals surface area (Å²) in [5.41, 5.74) is 0.595. The van der Waals surface area contributed by atoms with E-state index in [0.29, 0.717) is 12.1 Å². The van der Waals surface area contributed by atoms with Crippen molar-refractivity contribution < 1.29 is 48.9 Å². The van der Waals surface area contributed by atoms with Crippen molar-refractivity contribution in [2.24, 2.45) is 0 Å². The molecule has 7 rings (SSSR count). The van der Waals surface area contributed by atoms with Crippen LogP contribution in [0.25, 0.3) is 0 Å². The molecule has 316 valence electrons. The molecule has 0 aliphatic heterocycles. The van der Waals surface area contributed by atoms with Gasteiger partial charge < -0.3 is 22.6 Å². The number of alkyl halides is 6. The Kier molecular flexibility index (Phi) is 14.6. The third-order valence-electron chi connectivity index (χ3n) is 10.4. The first-order valence-electron chi connectivity index (χ1n) is 19.3. The maximum Gasteiger partial charge on any atom is 0.722 e. The molecule has 0 N–H and O–H groups in total. The Balaban J connectivity index is 1.18. The fraction of sp³-hybridized carbons (Fsp3) is 0.125. The van der Waals surface area contributed by atoms with Crippen LogP contribution in [0.3, 0.4) is 0 Å². The van der Waals surface area contributed by atoms with Gasteiger partial charge in [0.25, 0.3) is 0 Å². The first kappa shape index (κ1) is 44.7. The molecule has 62 heavy (non-hydrogen) atoms. The molecule has 0 spiro atoms. The zero-order valence-electron chi connectivity index (χ0n) is 32.9. The molecule has 7 aromatic carbocycles. The largest absolute Gasteiger partial charge is 0.722 e. The molecule has 0 aliphatic rings. The Morgan fingerprint density at radius 1 is 0.355 bits per heavy atom. The van der Waals surface area contributed by atoms with Gasteiger partial charge in [-0.15, -0.1) is 0 Å². The highest BCUT2D eigenvalue weighted by Crippen LogP contribution is 2.44. The van der Waals surface area contributed by atoms with Crippen LogP contribution in [0.15, 0.2) is 200 Å². The van der Waals surface area contributed by atoms with Gasteiger partial charge in [-0.05, 0) is 51.6 Å². The topological polar surface area (TPSA) is 46.2 Å². The number of hydrogen-bond acceptors (Lipinski definition) is 5. The minimum Gasteiger partial charge on any atom is -0.511 e. The maximum absolute atomic E-state index is 13.9. The predicted molar refractivity (Wildman–Crippen MR) is 232 cm³/mol. The Morgan fingerprint density at radius 2 is 0.613 bits per heavy atom. The monoisotopic (exact) mass is 882 g/mol. The standard InChI is InChI=1S/C48H39BF6O5P2/c50-47(51,52)42-31-43(48(53,54)55)33-44(32-42)58-49(59-61-56-34-45(36-19-7-1-8-20-36,37-21-9-2-10-22-37)38-23-11-3-12-24-38)60-62-57-35-46(39-25-13-4-14-26-39,40-27-15-5-16-28-40)41-29-17-6-18-30-41/h1-33,61-62H,34-35H2. The third-order valence-corrected chi connectivity index (χ3v) is 11.5. The second kappa shape index (κ2) is 20.2. The van der Waals surface area contributed by atoms with E-state index in [-0.39, 0.29) is 19.3 Å². The van der Waals surface area contributed by atoms with Crippen LogP contribution in [0.1, 0.15) is 44.5 Å². The predicted octanol–water partition coefficient (Wildman–Crippen LogP) is 13.2. The van der Waals surface area contributed by atoms with Crippen LogP contribution in [-0.4, -0.2) is 20.5 Å². The maximum atomic E-state index is 13.9. The van der Waals surface area contributed by atoms with Crippen molar-refractivity contribution in [3.63, 3.8) is 0 Å². The summed E-state index contributed by atoms with van der Waals surface area (Å²) in [6.45, 7) is 0.0367. The quantitative estimate of drug-likeness (QED) is 0.0282. The summed E-state index contributed by atoms with van der Waals surface area (Å²) >= 11 is 0. The zero-order valence-corrected chi connectivity index (χ0v) is 34.9. The fourth-order valence-corrected chi connectivity index (χ4v) is 8.57. The van der Waals surface area contributed by atoms with Crippen molar-refractivity contribution in [1.82, 2.24) is 0 Å². The van der Waals surface area contributed by atoms with E-state index in [9.17, 15) is 26.3 Å². The van der Waals surface area contributed by atoms with E-state index in [0.717, 1.165) is 33.4 Å². The molecule has 0 heterocycles. The molecular formula is C48H39BF6O5P2. The molecule has 0 bridgehead atoms. The molecule has 14 heteroatoms. The van der Waals surface area contributed by atoms with Crippen molar-refractivity contribution in [3.8, 4) is 5.75 Å². The summed E-state index contributed by atoms with van der Waals surface area (Å²) in [5.74, 6) is -0.786. The zero-order chi connectivity index (χ0) is 43.5. The molecule has 0 saturated carbocycles. The van der Waals surface area contributed by atoms with E-state index in [4.69, 9.17) is 22.6 Å². The molecule has 0 amide bonds. The van der Waals surface area contributed by atoms with Crippen molar-refractivity contribution in [2.75, 3.05) is 13.2 Å². The van der Waals surface area contributed by atoms with E-state index in [1.54, 1.807) is 0 Å². The van der Waals surface area contributed by atoms with E-state index < -0.39 is 65.4 Å². The van der Waals surface area contributed by atoms with E-state index in [1.165, 1.54) is 0 Å². The lowest BCUT2D eigenvalue weighted by Gasteiger charge is -2.36. The molecular weight excluding hydrogens is 843 g/mol. The molecule has 5 nitrogen and oxygen atoms in total. The molecule has 0 saturated heterocycles. The van der Waals surface area contributed by atoms with Gasteiger partial charge in [-0.2, -0.15) is 26.3 Å². The van der Waals surface area contributed by atoms with Crippen LogP contribution in [0.4, 0.5) is 26.3 Å². The van der Waals surface area contributed by atoms with Gasteiger partial charge in [-0.3, -0.25) is 0 Å². The lowest BCUT2D eigenvalue weighted by Crippen LogP contribution is -2.34. The second-order valence-electron chi connectivity index (χ2n) is 14.1. The SMILES string of the molecule is FC(F)(F)c1cc(OB(OPOCC(c2ccccc2)(c2ccccc2)c2ccccc2)OPOCC(c2ccccc2)(c2ccccc2)c2ccccc2)cc(C(F)(F)F)c1. The fourth-order valence-electron chi connectivity index (χ4n) is 7.44. The molecule has 0 aliphatic carbocycles. The van der Waals surface area contributed by atoms with Gasteiger partial charge in [-0.1, -0.05) is 182 Å². The lowest BCUT2D eigenvalue weighted by atomic mass is 9.70. The minimum absolute atomic E-state index is 0.0184. The van der Waals surface area contributed by atoms with Gasteiger partial charge in [0, 0.05) is 0 Å². The average molecular weight is 883 g/mol. The highest BCUT2D eigenvalue weighted by Gasteiger charge is 2.41. The Labute approximate surface area is 360 Å². The second-order valence-corrected chi connectivity index (χ2v) is 15.5.